The lowest BCUT2D eigenvalue weighted by atomic mass is 10.3. The minimum absolute atomic E-state index is 0.324. The van der Waals surface area contributed by atoms with Gasteiger partial charge in [0, 0.05) is 6.20 Å². The number of hydrogen-bond acceptors (Lipinski definition) is 3. The van der Waals surface area contributed by atoms with E-state index in [2.05, 4.69) is 4.98 Å². The molecule has 94 valence electrons. The van der Waals surface area contributed by atoms with Gasteiger partial charge in [0.15, 0.2) is 0 Å². The van der Waals surface area contributed by atoms with Crippen LogP contribution in [0, 0.1) is 0 Å². The lowest BCUT2D eigenvalue weighted by molar-refractivity contribution is 0.339. The van der Waals surface area contributed by atoms with Crippen molar-refractivity contribution in [3.63, 3.8) is 0 Å². The Morgan fingerprint density at radius 2 is 1.78 bits per heavy atom. The van der Waals surface area contributed by atoms with E-state index in [0.29, 0.717) is 28.3 Å². The van der Waals surface area contributed by atoms with Gasteiger partial charge in [0.05, 0.1) is 11.6 Å². The Morgan fingerprint density at radius 3 is 2.39 bits per heavy atom. The number of ether oxygens (including phenoxy) is 2. The molecule has 0 radical (unpaired) electrons. The first-order chi connectivity index (χ1) is 8.69. The number of aromatic nitrogens is 1. The molecule has 1 aromatic carbocycles. The second-order valence-corrected chi connectivity index (χ2v) is 4.29. The number of benzene rings is 1. The summed E-state index contributed by atoms with van der Waals surface area (Å²) in [6.07, 6.45) is 1.48. The van der Waals surface area contributed by atoms with Crippen molar-refractivity contribution in [2.45, 2.75) is 6.92 Å². The van der Waals surface area contributed by atoms with Gasteiger partial charge in [-0.05, 0) is 37.3 Å². The monoisotopic (exact) mass is 283 g/mol. The fourth-order valence-electron chi connectivity index (χ4n) is 1.36. The molecule has 2 aromatic rings. The summed E-state index contributed by atoms with van der Waals surface area (Å²) in [6, 6.07) is 8.81. The highest BCUT2D eigenvalue weighted by atomic mass is 35.5. The highest BCUT2D eigenvalue weighted by molar-refractivity contribution is 6.35. The smallest absolute Gasteiger partial charge is 0.238 e. The zero-order chi connectivity index (χ0) is 13.0. The largest absolute Gasteiger partial charge is 0.494 e. The Hall–Kier alpha value is -1.45. The molecule has 0 amide bonds. The molecule has 0 N–H and O–H groups in total. The van der Waals surface area contributed by atoms with Crippen LogP contribution in [0.2, 0.25) is 10.0 Å². The first-order valence-corrected chi connectivity index (χ1v) is 6.16. The molecule has 18 heavy (non-hydrogen) atoms. The maximum Gasteiger partial charge on any atom is 0.238 e. The van der Waals surface area contributed by atoms with Gasteiger partial charge in [-0.15, -0.1) is 0 Å². The zero-order valence-corrected chi connectivity index (χ0v) is 11.2. The van der Waals surface area contributed by atoms with Crippen molar-refractivity contribution in [3.05, 3.63) is 46.6 Å². The topological polar surface area (TPSA) is 31.4 Å². The Kier molecular flexibility index (Phi) is 4.28. The summed E-state index contributed by atoms with van der Waals surface area (Å²) in [5.74, 6) is 1.75. The van der Waals surface area contributed by atoms with Crippen molar-refractivity contribution in [2.75, 3.05) is 6.61 Å². The van der Waals surface area contributed by atoms with Crippen LogP contribution in [0.15, 0.2) is 36.5 Å². The summed E-state index contributed by atoms with van der Waals surface area (Å²) in [4.78, 5) is 4.01. The van der Waals surface area contributed by atoms with Crippen molar-refractivity contribution < 1.29 is 9.47 Å². The molecule has 0 aliphatic carbocycles. The molecule has 0 unspecified atom stereocenters. The normalized spacial score (nSPS) is 10.2. The Bertz CT molecular complexity index is 529. The molecule has 0 saturated heterocycles. The van der Waals surface area contributed by atoms with E-state index in [9.17, 15) is 0 Å². The molecule has 5 heteroatoms. The molecule has 0 bridgehead atoms. The molecule has 1 heterocycles. The molecule has 1 aromatic heterocycles. The first-order valence-electron chi connectivity index (χ1n) is 5.41. The lowest BCUT2D eigenvalue weighted by Crippen LogP contribution is -1.92. The molecule has 2 rings (SSSR count). The van der Waals surface area contributed by atoms with E-state index >= 15 is 0 Å². The average molecular weight is 284 g/mol. The number of rotatable bonds is 4. The van der Waals surface area contributed by atoms with Crippen molar-refractivity contribution in [1.82, 2.24) is 4.98 Å². The van der Waals surface area contributed by atoms with Crippen LogP contribution in [0.25, 0.3) is 0 Å². The van der Waals surface area contributed by atoms with Crippen molar-refractivity contribution in [3.8, 4) is 17.4 Å². The van der Waals surface area contributed by atoms with Gasteiger partial charge in [0.1, 0.15) is 16.5 Å². The summed E-state index contributed by atoms with van der Waals surface area (Å²) in [6.45, 7) is 2.56. The third kappa shape index (κ3) is 3.28. The first kappa shape index (κ1) is 13.0. The van der Waals surface area contributed by atoms with E-state index < -0.39 is 0 Å². The van der Waals surface area contributed by atoms with Gasteiger partial charge in [-0.1, -0.05) is 23.2 Å². The summed E-state index contributed by atoms with van der Waals surface area (Å²) < 4.78 is 10.9. The predicted octanol–water partition coefficient (Wildman–Crippen LogP) is 4.58. The van der Waals surface area contributed by atoms with Crippen LogP contribution >= 0.6 is 23.2 Å². The average Bonchev–Trinajstić information content (AvgIpc) is 2.35. The van der Waals surface area contributed by atoms with Gasteiger partial charge in [0.25, 0.3) is 0 Å². The van der Waals surface area contributed by atoms with Gasteiger partial charge in [-0.2, -0.15) is 0 Å². The summed E-state index contributed by atoms with van der Waals surface area (Å²) in [7, 11) is 0. The van der Waals surface area contributed by atoms with Crippen LogP contribution in [-0.4, -0.2) is 11.6 Å². The van der Waals surface area contributed by atoms with Crippen LogP contribution in [0.5, 0.6) is 17.4 Å². The van der Waals surface area contributed by atoms with Crippen LogP contribution in [0.1, 0.15) is 6.92 Å². The third-order valence-electron chi connectivity index (χ3n) is 2.12. The van der Waals surface area contributed by atoms with Gasteiger partial charge < -0.3 is 9.47 Å². The van der Waals surface area contributed by atoms with Crippen LogP contribution in [-0.2, 0) is 0 Å². The fourth-order valence-corrected chi connectivity index (χ4v) is 1.78. The van der Waals surface area contributed by atoms with Crippen LogP contribution in [0.3, 0.4) is 0 Å². The second-order valence-electron chi connectivity index (χ2n) is 3.45. The predicted molar refractivity (Wildman–Crippen MR) is 71.9 cm³/mol. The molecule has 0 atom stereocenters. The molecule has 0 aliphatic heterocycles. The van der Waals surface area contributed by atoms with E-state index in [1.807, 2.05) is 19.1 Å². The molecule has 0 saturated carbocycles. The summed E-state index contributed by atoms with van der Waals surface area (Å²) in [5.41, 5.74) is 0. The van der Waals surface area contributed by atoms with Crippen molar-refractivity contribution in [1.29, 1.82) is 0 Å². The summed E-state index contributed by atoms with van der Waals surface area (Å²) in [5, 5.41) is 0.843. The third-order valence-corrected chi connectivity index (χ3v) is 2.60. The second kappa shape index (κ2) is 5.94. The highest BCUT2D eigenvalue weighted by Gasteiger charge is 2.05. The number of halogens is 2. The number of pyridine rings is 1. The molecule has 3 nitrogen and oxygen atoms in total. The maximum atomic E-state index is 5.96. The van der Waals surface area contributed by atoms with E-state index in [0.717, 1.165) is 5.75 Å². The summed E-state index contributed by atoms with van der Waals surface area (Å²) >= 11 is 11.7. The van der Waals surface area contributed by atoms with E-state index in [1.54, 1.807) is 18.2 Å². The minimum Gasteiger partial charge on any atom is -0.494 e. The Morgan fingerprint density at radius 1 is 1.11 bits per heavy atom. The van der Waals surface area contributed by atoms with Crippen LogP contribution in [0.4, 0.5) is 0 Å². The number of nitrogens with zero attached hydrogens (tertiary/aromatic N) is 1. The van der Waals surface area contributed by atoms with E-state index in [4.69, 9.17) is 32.7 Å². The Balaban J connectivity index is 2.13. The fraction of sp³-hybridized carbons (Fsp3) is 0.154. The molecule has 0 fully saturated rings. The van der Waals surface area contributed by atoms with E-state index in [-0.39, 0.29) is 0 Å². The lowest BCUT2D eigenvalue weighted by Gasteiger charge is -2.07. The van der Waals surface area contributed by atoms with Gasteiger partial charge in [-0.25, -0.2) is 4.98 Å². The van der Waals surface area contributed by atoms with Crippen molar-refractivity contribution in [2.24, 2.45) is 0 Å². The number of hydrogen-bond donors (Lipinski definition) is 0. The van der Waals surface area contributed by atoms with Gasteiger partial charge in [-0.3, -0.25) is 0 Å². The van der Waals surface area contributed by atoms with Crippen molar-refractivity contribution >= 4 is 23.2 Å². The SMILES string of the molecule is CCOc1ccc(Oc2ncc(Cl)cc2Cl)cc1. The van der Waals surface area contributed by atoms with E-state index in [1.165, 1.54) is 6.20 Å². The molecule has 0 aliphatic rings. The molecular weight excluding hydrogens is 273 g/mol. The minimum atomic E-state index is 0.324. The van der Waals surface area contributed by atoms with Gasteiger partial charge in [0.2, 0.25) is 5.88 Å². The standard InChI is InChI=1S/C13H11Cl2NO2/c1-2-17-10-3-5-11(6-4-10)18-13-12(15)7-9(14)8-16-13/h3-8H,2H2,1H3. The molecular formula is C13H11Cl2NO2. The Labute approximate surface area is 115 Å². The van der Waals surface area contributed by atoms with Gasteiger partial charge >= 0.3 is 0 Å². The van der Waals surface area contributed by atoms with Crippen LogP contribution < -0.4 is 9.47 Å². The zero-order valence-electron chi connectivity index (χ0n) is 9.69. The molecule has 0 spiro atoms. The maximum absolute atomic E-state index is 5.96. The highest BCUT2D eigenvalue weighted by Crippen LogP contribution is 2.29. The quantitative estimate of drug-likeness (QED) is 0.823.